The molecule has 1 aliphatic heterocycles. The molecular formula is C25H32Cl2N2O3. The molecule has 1 unspecified atom stereocenters. The number of carbonyl (C=O) groups is 1. The van der Waals surface area contributed by atoms with Crippen molar-refractivity contribution in [2.24, 2.45) is 11.8 Å². The molecule has 0 aliphatic carbocycles. The van der Waals surface area contributed by atoms with E-state index in [9.17, 15) is 4.79 Å². The van der Waals surface area contributed by atoms with Gasteiger partial charge in [0.15, 0.2) is 11.5 Å². The lowest BCUT2D eigenvalue weighted by Gasteiger charge is -2.28. The van der Waals surface area contributed by atoms with Crippen molar-refractivity contribution >= 4 is 29.1 Å². The maximum atomic E-state index is 13.3. The van der Waals surface area contributed by atoms with Crippen molar-refractivity contribution in [2.75, 3.05) is 26.3 Å². The minimum Gasteiger partial charge on any atom is -0.489 e. The molecule has 2 aromatic rings. The third-order valence-electron chi connectivity index (χ3n) is 5.22. The van der Waals surface area contributed by atoms with Crippen LogP contribution in [-0.4, -0.2) is 37.1 Å². The van der Waals surface area contributed by atoms with Gasteiger partial charge in [0.05, 0.1) is 18.2 Å². The number of amides is 1. The second kappa shape index (κ2) is 11.8. The van der Waals surface area contributed by atoms with Gasteiger partial charge in [0, 0.05) is 43.5 Å². The van der Waals surface area contributed by atoms with Crippen LogP contribution in [0.4, 0.5) is 0 Å². The summed E-state index contributed by atoms with van der Waals surface area (Å²) in [6, 6.07) is 11.5. The van der Waals surface area contributed by atoms with E-state index >= 15 is 0 Å². The van der Waals surface area contributed by atoms with Crippen LogP contribution < -0.4 is 14.8 Å². The summed E-state index contributed by atoms with van der Waals surface area (Å²) in [6.07, 6.45) is 0.817. The van der Waals surface area contributed by atoms with Crippen molar-refractivity contribution in [1.29, 1.82) is 0 Å². The lowest BCUT2D eigenvalue weighted by Crippen LogP contribution is -2.40. The Morgan fingerprint density at radius 2 is 1.88 bits per heavy atom. The molecule has 1 aliphatic rings. The maximum absolute atomic E-state index is 13.3. The molecule has 2 aromatic carbocycles. The van der Waals surface area contributed by atoms with Gasteiger partial charge in [-0.25, -0.2) is 0 Å². The standard InChI is InChI=1S/C25H32Cl2N2O3/c1-17(2)15-29(16-20-11-22(27)24-23(12-20)31-8-5-9-32-24)25(30)18(3)13-28-14-19-6-4-7-21(26)10-19/h4,6-7,10-12,17-18,28H,5,8-9,13-16H2,1-3H3. The number of nitrogens with zero attached hydrogens (tertiary/aromatic N) is 1. The van der Waals surface area contributed by atoms with E-state index in [4.69, 9.17) is 32.7 Å². The van der Waals surface area contributed by atoms with Gasteiger partial charge in [0.1, 0.15) is 0 Å². The highest BCUT2D eigenvalue weighted by Crippen LogP contribution is 2.38. The summed E-state index contributed by atoms with van der Waals surface area (Å²) >= 11 is 12.5. The molecule has 1 atom stereocenters. The number of nitrogens with one attached hydrogen (secondary N) is 1. The van der Waals surface area contributed by atoms with E-state index in [-0.39, 0.29) is 11.8 Å². The van der Waals surface area contributed by atoms with Crippen LogP contribution in [0, 0.1) is 11.8 Å². The quantitative estimate of drug-likeness (QED) is 0.511. The van der Waals surface area contributed by atoms with Gasteiger partial charge < -0.3 is 19.7 Å². The number of halogens is 2. The fourth-order valence-electron chi connectivity index (χ4n) is 3.75. The van der Waals surface area contributed by atoms with E-state index in [1.54, 1.807) is 0 Å². The predicted molar refractivity (Wildman–Crippen MR) is 130 cm³/mol. The highest BCUT2D eigenvalue weighted by molar-refractivity contribution is 6.32. The molecule has 5 nitrogen and oxygen atoms in total. The number of ether oxygens (including phenoxy) is 2. The fraction of sp³-hybridized carbons (Fsp3) is 0.480. The Bertz CT molecular complexity index is 920. The average molecular weight is 479 g/mol. The Hall–Kier alpha value is -1.95. The van der Waals surface area contributed by atoms with Crippen LogP contribution in [0.15, 0.2) is 36.4 Å². The molecule has 7 heteroatoms. The first-order valence-corrected chi connectivity index (χ1v) is 11.9. The zero-order chi connectivity index (χ0) is 23.1. The monoisotopic (exact) mass is 478 g/mol. The molecule has 0 saturated carbocycles. The molecule has 0 spiro atoms. The second-order valence-corrected chi connectivity index (χ2v) is 9.57. The molecule has 1 amide bonds. The van der Waals surface area contributed by atoms with E-state index in [1.165, 1.54) is 0 Å². The summed E-state index contributed by atoms with van der Waals surface area (Å²) < 4.78 is 11.5. The minimum absolute atomic E-state index is 0.112. The van der Waals surface area contributed by atoms with Crippen LogP contribution in [0.5, 0.6) is 11.5 Å². The van der Waals surface area contributed by atoms with Gasteiger partial charge in [-0.2, -0.15) is 0 Å². The topological polar surface area (TPSA) is 50.8 Å². The highest BCUT2D eigenvalue weighted by atomic mass is 35.5. The van der Waals surface area contributed by atoms with Crippen molar-refractivity contribution < 1.29 is 14.3 Å². The maximum Gasteiger partial charge on any atom is 0.226 e. The van der Waals surface area contributed by atoms with Crippen molar-refractivity contribution in [3.8, 4) is 11.5 Å². The van der Waals surface area contributed by atoms with Crippen molar-refractivity contribution in [1.82, 2.24) is 10.2 Å². The van der Waals surface area contributed by atoms with E-state index in [0.29, 0.717) is 66.9 Å². The van der Waals surface area contributed by atoms with Crippen molar-refractivity contribution in [3.63, 3.8) is 0 Å². The second-order valence-electron chi connectivity index (χ2n) is 8.73. The van der Waals surface area contributed by atoms with Gasteiger partial charge in [-0.1, -0.05) is 56.1 Å². The lowest BCUT2D eigenvalue weighted by atomic mass is 10.1. The van der Waals surface area contributed by atoms with Crippen LogP contribution >= 0.6 is 23.2 Å². The number of benzene rings is 2. The SMILES string of the molecule is CC(C)CN(Cc1cc(Cl)c2c(c1)OCCCO2)C(=O)C(C)CNCc1cccc(Cl)c1. The highest BCUT2D eigenvalue weighted by Gasteiger charge is 2.23. The largest absolute Gasteiger partial charge is 0.489 e. The van der Waals surface area contributed by atoms with Gasteiger partial charge in [-0.3, -0.25) is 4.79 Å². The van der Waals surface area contributed by atoms with E-state index in [1.807, 2.05) is 48.2 Å². The molecule has 0 bridgehead atoms. The van der Waals surface area contributed by atoms with E-state index in [0.717, 1.165) is 17.5 Å². The zero-order valence-corrected chi connectivity index (χ0v) is 20.5. The molecule has 0 aromatic heterocycles. The Balaban J connectivity index is 1.65. The predicted octanol–water partition coefficient (Wildman–Crippen LogP) is 5.57. The summed E-state index contributed by atoms with van der Waals surface area (Å²) in [5, 5.41) is 4.61. The first-order valence-electron chi connectivity index (χ1n) is 11.2. The number of rotatable bonds is 9. The summed E-state index contributed by atoms with van der Waals surface area (Å²) in [7, 11) is 0. The minimum atomic E-state index is -0.163. The van der Waals surface area contributed by atoms with Crippen LogP contribution in [0.2, 0.25) is 10.0 Å². The lowest BCUT2D eigenvalue weighted by molar-refractivity contribution is -0.136. The number of hydrogen-bond donors (Lipinski definition) is 1. The van der Waals surface area contributed by atoms with Crippen molar-refractivity contribution in [2.45, 2.75) is 40.3 Å². The molecule has 174 valence electrons. The molecule has 32 heavy (non-hydrogen) atoms. The number of hydrogen-bond acceptors (Lipinski definition) is 4. The van der Waals surface area contributed by atoms with Crippen LogP contribution in [0.25, 0.3) is 0 Å². The molecule has 3 rings (SSSR count). The first kappa shape index (κ1) is 24.7. The molecule has 1 N–H and O–H groups in total. The molecule has 0 saturated heterocycles. The van der Waals surface area contributed by atoms with Gasteiger partial charge in [-0.15, -0.1) is 0 Å². The Morgan fingerprint density at radius 3 is 2.62 bits per heavy atom. The molecular weight excluding hydrogens is 447 g/mol. The van der Waals surface area contributed by atoms with Gasteiger partial charge in [-0.05, 0) is 41.3 Å². The van der Waals surface area contributed by atoms with Crippen LogP contribution in [0.1, 0.15) is 38.3 Å². The van der Waals surface area contributed by atoms with Crippen molar-refractivity contribution in [3.05, 3.63) is 57.6 Å². The summed E-state index contributed by atoms with van der Waals surface area (Å²) in [5.74, 6) is 1.54. The molecule has 0 radical (unpaired) electrons. The zero-order valence-electron chi connectivity index (χ0n) is 19.0. The normalized spacial score (nSPS) is 14.2. The van der Waals surface area contributed by atoms with Crippen LogP contribution in [0.3, 0.4) is 0 Å². The number of fused-ring (bicyclic) bond motifs is 1. The van der Waals surface area contributed by atoms with Gasteiger partial charge in [0.2, 0.25) is 5.91 Å². The van der Waals surface area contributed by atoms with E-state index < -0.39 is 0 Å². The Kier molecular flexibility index (Phi) is 9.09. The third-order valence-corrected chi connectivity index (χ3v) is 5.74. The summed E-state index contributed by atoms with van der Waals surface area (Å²) in [5.41, 5.74) is 2.03. The first-order chi connectivity index (χ1) is 15.3. The van der Waals surface area contributed by atoms with E-state index in [2.05, 4.69) is 19.2 Å². The Labute approximate surface area is 201 Å². The summed E-state index contributed by atoms with van der Waals surface area (Å²) in [4.78, 5) is 15.2. The molecule has 1 heterocycles. The van der Waals surface area contributed by atoms with Gasteiger partial charge in [0.25, 0.3) is 0 Å². The fourth-order valence-corrected chi connectivity index (χ4v) is 4.25. The number of carbonyl (C=O) groups excluding carboxylic acids is 1. The van der Waals surface area contributed by atoms with Gasteiger partial charge >= 0.3 is 0 Å². The Morgan fingerprint density at radius 1 is 1.09 bits per heavy atom. The third kappa shape index (κ3) is 7.03. The average Bonchev–Trinajstić information content (AvgIpc) is 2.98. The smallest absolute Gasteiger partial charge is 0.226 e. The van der Waals surface area contributed by atoms with Crippen LogP contribution in [-0.2, 0) is 17.9 Å². The summed E-state index contributed by atoms with van der Waals surface area (Å²) in [6.45, 7) is 9.77. The molecule has 0 fully saturated rings.